The average molecular weight is 425 g/mol. The first-order valence-corrected chi connectivity index (χ1v) is 11.2. The maximum Gasteiger partial charge on any atom is 0.226 e. The van der Waals surface area contributed by atoms with E-state index in [-0.39, 0.29) is 5.91 Å². The standard InChI is InChI=1S/C26H36N2O3/c1-27(15-16-30-2)20-23-9-7-21(8-10-23)17-22-11-13-28(14-12-22)26(29)19-24-5-4-6-25(18-24)31-3/h4-10,18,22H,11-17,19-20H2,1-3H3. The minimum Gasteiger partial charge on any atom is -0.497 e. The zero-order chi connectivity index (χ0) is 22.1. The number of carbonyl (C=O) groups excluding carboxylic acids is 1. The molecule has 1 saturated heterocycles. The molecule has 31 heavy (non-hydrogen) atoms. The third-order valence-corrected chi connectivity index (χ3v) is 6.13. The summed E-state index contributed by atoms with van der Waals surface area (Å²) in [5.74, 6) is 1.67. The first kappa shape index (κ1) is 23.3. The van der Waals surface area contributed by atoms with E-state index < -0.39 is 0 Å². The number of likely N-dealkylation sites (tertiary alicyclic amines) is 1. The third kappa shape index (κ3) is 7.37. The number of methoxy groups -OCH3 is 2. The lowest BCUT2D eigenvalue weighted by Gasteiger charge is -2.32. The summed E-state index contributed by atoms with van der Waals surface area (Å²) in [4.78, 5) is 17.0. The van der Waals surface area contributed by atoms with Crippen LogP contribution in [-0.4, -0.2) is 63.2 Å². The van der Waals surface area contributed by atoms with E-state index in [1.165, 1.54) is 11.1 Å². The molecule has 0 aliphatic carbocycles. The van der Waals surface area contributed by atoms with E-state index >= 15 is 0 Å². The Kier molecular flexibility index (Phi) is 8.92. The Bertz CT molecular complexity index is 814. The van der Waals surface area contributed by atoms with Gasteiger partial charge in [-0.05, 0) is 61.1 Å². The normalized spacial score (nSPS) is 14.8. The van der Waals surface area contributed by atoms with Crippen LogP contribution in [0.25, 0.3) is 0 Å². The van der Waals surface area contributed by atoms with E-state index in [4.69, 9.17) is 9.47 Å². The molecule has 0 bridgehead atoms. The zero-order valence-corrected chi connectivity index (χ0v) is 19.2. The van der Waals surface area contributed by atoms with Gasteiger partial charge in [-0.2, -0.15) is 0 Å². The Labute approximate surface area is 187 Å². The van der Waals surface area contributed by atoms with Crippen LogP contribution in [0, 0.1) is 5.92 Å². The minimum absolute atomic E-state index is 0.216. The average Bonchev–Trinajstić information content (AvgIpc) is 2.79. The van der Waals surface area contributed by atoms with E-state index in [1.54, 1.807) is 14.2 Å². The van der Waals surface area contributed by atoms with Crippen LogP contribution in [-0.2, 0) is 28.9 Å². The predicted octanol–water partition coefficient (Wildman–Crippen LogP) is 3.80. The largest absolute Gasteiger partial charge is 0.497 e. The molecule has 0 aromatic heterocycles. The van der Waals surface area contributed by atoms with Gasteiger partial charge in [0.15, 0.2) is 0 Å². The second kappa shape index (κ2) is 11.9. The van der Waals surface area contributed by atoms with Crippen molar-refractivity contribution in [1.29, 1.82) is 0 Å². The van der Waals surface area contributed by atoms with Crippen LogP contribution in [0.4, 0.5) is 0 Å². The van der Waals surface area contributed by atoms with Crippen molar-refractivity contribution in [1.82, 2.24) is 9.80 Å². The fraction of sp³-hybridized carbons (Fsp3) is 0.500. The highest BCUT2D eigenvalue weighted by atomic mass is 16.5. The van der Waals surface area contributed by atoms with Gasteiger partial charge in [-0.15, -0.1) is 0 Å². The molecule has 0 radical (unpaired) electrons. The first-order chi connectivity index (χ1) is 15.1. The lowest BCUT2D eigenvalue weighted by atomic mass is 9.89. The summed E-state index contributed by atoms with van der Waals surface area (Å²) < 4.78 is 10.4. The van der Waals surface area contributed by atoms with Crippen LogP contribution >= 0.6 is 0 Å². The number of benzene rings is 2. The Morgan fingerprint density at radius 1 is 1.03 bits per heavy atom. The van der Waals surface area contributed by atoms with Crippen molar-refractivity contribution in [2.45, 2.75) is 32.2 Å². The molecular formula is C26H36N2O3. The number of hydrogen-bond acceptors (Lipinski definition) is 4. The zero-order valence-electron chi connectivity index (χ0n) is 19.2. The molecule has 0 saturated carbocycles. The van der Waals surface area contributed by atoms with Gasteiger partial charge >= 0.3 is 0 Å². The van der Waals surface area contributed by atoms with Gasteiger partial charge in [-0.25, -0.2) is 0 Å². The van der Waals surface area contributed by atoms with Crippen molar-refractivity contribution in [2.75, 3.05) is 47.5 Å². The van der Waals surface area contributed by atoms with Crippen molar-refractivity contribution >= 4 is 5.91 Å². The smallest absolute Gasteiger partial charge is 0.226 e. The molecule has 1 heterocycles. The molecule has 0 atom stereocenters. The molecule has 1 aliphatic heterocycles. The van der Waals surface area contributed by atoms with Crippen LogP contribution in [0.15, 0.2) is 48.5 Å². The molecule has 3 rings (SSSR count). The summed E-state index contributed by atoms with van der Waals surface area (Å²) in [6.07, 6.45) is 3.69. The Balaban J connectivity index is 1.42. The molecular weight excluding hydrogens is 388 g/mol. The maximum absolute atomic E-state index is 12.7. The summed E-state index contributed by atoms with van der Waals surface area (Å²) in [6, 6.07) is 16.8. The maximum atomic E-state index is 12.7. The molecule has 1 amide bonds. The number of carbonyl (C=O) groups is 1. The van der Waals surface area contributed by atoms with E-state index in [0.29, 0.717) is 12.3 Å². The lowest BCUT2D eigenvalue weighted by Crippen LogP contribution is -2.39. The molecule has 168 valence electrons. The van der Waals surface area contributed by atoms with Crippen LogP contribution in [0.5, 0.6) is 5.75 Å². The Hall–Kier alpha value is -2.37. The third-order valence-electron chi connectivity index (χ3n) is 6.13. The summed E-state index contributed by atoms with van der Waals surface area (Å²) in [5, 5.41) is 0. The second-order valence-corrected chi connectivity index (χ2v) is 8.60. The van der Waals surface area contributed by atoms with E-state index in [0.717, 1.165) is 63.4 Å². The predicted molar refractivity (Wildman–Crippen MR) is 124 cm³/mol. The van der Waals surface area contributed by atoms with Gasteiger partial charge in [-0.1, -0.05) is 36.4 Å². The van der Waals surface area contributed by atoms with Gasteiger partial charge in [0.05, 0.1) is 20.1 Å². The van der Waals surface area contributed by atoms with Gasteiger partial charge in [0.1, 0.15) is 5.75 Å². The van der Waals surface area contributed by atoms with Gasteiger partial charge in [0, 0.05) is 33.3 Å². The number of piperidine rings is 1. The molecule has 0 unspecified atom stereocenters. The molecule has 1 aliphatic rings. The number of nitrogens with zero attached hydrogens (tertiary/aromatic N) is 2. The highest BCUT2D eigenvalue weighted by molar-refractivity contribution is 5.79. The van der Waals surface area contributed by atoms with Crippen LogP contribution < -0.4 is 4.74 Å². The first-order valence-electron chi connectivity index (χ1n) is 11.2. The lowest BCUT2D eigenvalue weighted by molar-refractivity contribution is -0.131. The van der Waals surface area contributed by atoms with Crippen LogP contribution in [0.1, 0.15) is 29.5 Å². The fourth-order valence-electron chi connectivity index (χ4n) is 4.21. The fourth-order valence-corrected chi connectivity index (χ4v) is 4.21. The van der Waals surface area contributed by atoms with Crippen molar-refractivity contribution in [3.8, 4) is 5.75 Å². The molecule has 2 aromatic rings. The number of hydrogen-bond donors (Lipinski definition) is 0. The van der Waals surface area contributed by atoms with Crippen molar-refractivity contribution < 1.29 is 14.3 Å². The summed E-state index contributed by atoms with van der Waals surface area (Å²) in [5.41, 5.74) is 3.74. The summed E-state index contributed by atoms with van der Waals surface area (Å²) in [6.45, 7) is 4.35. The highest BCUT2D eigenvalue weighted by Crippen LogP contribution is 2.23. The van der Waals surface area contributed by atoms with E-state index in [2.05, 4.69) is 36.2 Å². The monoisotopic (exact) mass is 424 g/mol. The van der Waals surface area contributed by atoms with Crippen molar-refractivity contribution in [2.24, 2.45) is 5.92 Å². The number of amides is 1. The second-order valence-electron chi connectivity index (χ2n) is 8.60. The quantitative estimate of drug-likeness (QED) is 0.582. The SMILES string of the molecule is COCCN(C)Cc1ccc(CC2CCN(C(=O)Cc3cccc(OC)c3)CC2)cc1. The van der Waals surface area contributed by atoms with Gasteiger partial charge in [-0.3, -0.25) is 9.69 Å². The Morgan fingerprint density at radius 2 is 1.74 bits per heavy atom. The molecule has 2 aromatic carbocycles. The summed E-state index contributed by atoms with van der Waals surface area (Å²) >= 11 is 0. The van der Waals surface area contributed by atoms with Crippen LogP contribution in [0.2, 0.25) is 0 Å². The topological polar surface area (TPSA) is 42.0 Å². The van der Waals surface area contributed by atoms with E-state index in [1.807, 2.05) is 29.2 Å². The summed E-state index contributed by atoms with van der Waals surface area (Å²) in [7, 11) is 5.51. The van der Waals surface area contributed by atoms with Gasteiger partial charge < -0.3 is 14.4 Å². The Morgan fingerprint density at radius 3 is 2.42 bits per heavy atom. The molecule has 1 fully saturated rings. The minimum atomic E-state index is 0.216. The number of likely N-dealkylation sites (N-methyl/N-ethyl adjacent to an activating group) is 1. The number of rotatable bonds is 10. The highest BCUT2D eigenvalue weighted by Gasteiger charge is 2.23. The van der Waals surface area contributed by atoms with E-state index in [9.17, 15) is 4.79 Å². The number of ether oxygens (including phenoxy) is 2. The molecule has 5 nitrogen and oxygen atoms in total. The van der Waals surface area contributed by atoms with Gasteiger partial charge in [0.25, 0.3) is 0 Å². The molecule has 5 heteroatoms. The molecule has 0 N–H and O–H groups in total. The molecule has 0 spiro atoms. The van der Waals surface area contributed by atoms with Gasteiger partial charge in [0.2, 0.25) is 5.91 Å². The van der Waals surface area contributed by atoms with Crippen molar-refractivity contribution in [3.63, 3.8) is 0 Å². The van der Waals surface area contributed by atoms with Crippen LogP contribution in [0.3, 0.4) is 0 Å². The van der Waals surface area contributed by atoms with Crippen molar-refractivity contribution in [3.05, 3.63) is 65.2 Å².